The number of hydrogen-bond donors (Lipinski definition) is 0. The number of rotatable bonds is 4. The molecule has 86 valence electrons. The second-order valence-electron chi connectivity index (χ2n) is 3.77. The minimum atomic E-state index is 0.387. The third-order valence-corrected chi connectivity index (χ3v) is 2.83. The second-order valence-corrected chi connectivity index (χ2v) is 3.77. The van der Waals surface area contributed by atoms with E-state index in [1.165, 1.54) is 0 Å². The fourth-order valence-corrected chi connectivity index (χ4v) is 2.16. The second kappa shape index (κ2) is 4.86. The Morgan fingerprint density at radius 1 is 1.47 bits per heavy atom. The molecule has 0 spiro atoms. The third-order valence-electron chi connectivity index (χ3n) is 2.83. The lowest BCUT2D eigenvalue weighted by atomic mass is 10.1. The first-order valence-corrected chi connectivity index (χ1v) is 5.42. The van der Waals surface area contributed by atoms with Crippen molar-refractivity contribution in [3.8, 4) is 6.07 Å². The molecule has 1 aromatic heterocycles. The summed E-state index contributed by atoms with van der Waals surface area (Å²) in [5, 5.41) is 10.0. The summed E-state index contributed by atoms with van der Waals surface area (Å²) in [7, 11) is 1.66. The molecule has 0 unspecified atom stereocenters. The first-order valence-electron chi connectivity index (χ1n) is 5.42. The van der Waals surface area contributed by atoms with Crippen molar-refractivity contribution in [1.82, 2.24) is 4.57 Å². The van der Waals surface area contributed by atoms with Crippen LogP contribution in [0.1, 0.15) is 11.3 Å². The number of nitriles is 1. The van der Waals surface area contributed by atoms with Gasteiger partial charge in [0.25, 0.3) is 0 Å². The van der Waals surface area contributed by atoms with Crippen LogP contribution in [0, 0.1) is 11.3 Å². The van der Waals surface area contributed by atoms with Gasteiger partial charge in [-0.1, -0.05) is 24.8 Å². The highest BCUT2D eigenvalue weighted by molar-refractivity contribution is 5.88. The van der Waals surface area contributed by atoms with E-state index in [4.69, 9.17) is 10.00 Å². The quantitative estimate of drug-likeness (QED) is 0.803. The first kappa shape index (κ1) is 11.4. The van der Waals surface area contributed by atoms with Gasteiger partial charge in [0.2, 0.25) is 0 Å². The average molecular weight is 226 g/mol. The number of para-hydroxylation sites is 1. The lowest BCUT2D eigenvalue weighted by molar-refractivity contribution is 0.134. The Kier molecular flexibility index (Phi) is 3.27. The maximum Gasteiger partial charge on any atom is 0.123 e. The van der Waals surface area contributed by atoms with Crippen molar-refractivity contribution in [3.05, 3.63) is 42.1 Å². The summed E-state index contributed by atoms with van der Waals surface area (Å²) < 4.78 is 7.24. The van der Waals surface area contributed by atoms with Gasteiger partial charge in [0.05, 0.1) is 18.0 Å². The molecule has 2 aromatic rings. The van der Waals surface area contributed by atoms with Gasteiger partial charge < -0.3 is 9.30 Å². The molecule has 2 rings (SSSR count). The lowest BCUT2D eigenvalue weighted by Gasteiger charge is -2.06. The van der Waals surface area contributed by atoms with Crippen molar-refractivity contribution < 1.29 is 4.74 Å². The minimum Gasteiger partial charge on any atom is -0.364 e. The van der Waals surface area contributed by atoms with Gasteiger partial charge in [-0.05, 0) is 17.7 Å². The zero-order valence-corrected chi connectivity index (χ0v) is 9.81. The van der Waals surface area contributed by atoms with Gasteiger partial charge in [0.15, 0.2) is 0 Å². The lowest BCUT2D eigenvalue weighted by Crippen LogP contribution is -2.02. The number of fused-ring (bicyclic) bond motifs is 1. The number of aromatic nitrogens is 1. The first-order chi connectivity index (χ1) is 8.33. The summed E-state index contributed by atoms with van der Waals surface area (Å²) in [6.07, 6.45) is 2.17. The molecule has 0 N–H and O–H groups in total. The van der Waals surface area contributed by atoms with E-state index >= 15 is 0 Å². The van der Waals surface area contributed by atoms with Crippen LogP contribution < -0.4 is 0 Å². The van der Waals surface area contributed by atoms with Crippen LogP contribution in [0.3, 0.4) is 0 Å². The Balaban J connectivity index is 2.77. The van der Waals surface area contributed by atoms with Crippen LogP contribution in [0.4, 0.5) is 0 Å². The van der Waals surface area contributed by atoms with Crippen LogP contribution in [-0.4, -0.2) is 11.7 Å². The topological polar surface area (TPSA) is 38.0 Å². The highest BCUT2D eigenvalue weighted by Gasteiger charge is 2.13. The van der Waals surface area contributed by atoms with Gasteiger partial charge >= 0.3 is 0 Å². The van der Waals surface area contributed by atoms with E-state index in [1.807, 2.05) is 28.8 Å². The Hall–Kier alpha value is -2.05. The number of methoxy groups -OCH3 is 1. The van der Waals surface area contributed by atoms with E-state index in [9.17, 15) is 0 Å². The molecule has 0 saturated heterocycles. The predicted octanol–water partition coefficient (Wildman–Crippen LogP) is 2.95. The van der Waals surface area contributed by atoms with Crippen molar-refractivity contribution in [2.45, 2.75) is 13.2 Å². The van der Waals surface area contributed by atoms with Gasteiger partial charge in [-0.3, -0.25) is 0 Å². The molecule has 0 atom stereocenters. The molecule has 0 fully saturated rings. The van der Waals surface area contributed by atoms with Gasteiger partial charge in [-0.2, -0.15) is 5.26 Å². The van der Waals surface area contributed by atoms with E-state index in [-0.39, 0.29) is 0 Å². The maximum atomic E-state index is 8.91. The largest absolute Gasteiger partial charge is 0.364 e. The van der Waals surface area contributed by atoms with Crippen molar-refractivity contribution in [3.63, 3.8) is 0 Å². The molecule has 17 heavy (non-hydrogen) atoms. The molecule has 3 heteroatoms. The highest BCUT2D eigenvalue weighted by Crippen LogP contribution is 2.27. The summed E-state index contributed by atoms with van der Waals surface area (Å²) in [6, 6.07) is 10.2. The summed E-state index contributed by atoms with van der Waals surface area (Å²) in [5.41, 5.74) is 3.07. The molecular weight excluding hydrogens is 212 g/mol. The molecule has 0 radical (unpaired) electrons. The number of hydrogen-bond acceptors (Lipinski definition) is 2. The van der Waals surface area contributed by atoms with Crippen LogP contribution in [0.5, 0.6) is 0 Å². The molecule has 3 nitrogen and oxygen atoms in total. The molecule has 0 aliphatic rings. The normalized spacial score (nSPS) is 10.4. The van der Waals surface area contributed by atoms with Crippen molar-refractivity contribution in [2.75, 3.05) is 7.11 Å². The monoisotopic (exact) mass is 226 g/mol. The fraction of sp³-hybridized carbons (Fsp3) is 0.214. The molecule has 0 aliphatic carbocycles. The maximum absolute atomic E-state index is 8.91. The SMILES string of the molecule is C=Cc1c(CC#N)c2ccccc2n1COC. The van der Waals surface area contributed by atoms with Gasteiger partial charge in [-0.15, -0.1) is 0 Å². The van der Waals surface area contributed by atoms with E-state index in [0.29, 0.717) is 13.2 Å². The molecule has 1 heterocycles. The minimum absolute atomic E-state index is 0.387. The Morgan fingerprint density at radius 3 is 2.88 bits per heavy atom. The van der Waals surface area contributed by atoms with E-state index in [0.717, 1.165) is 22.2 Å². The summed E-state index contributed by atoms with van der Waals surface area (Å²) in [6.45, 7) is 4.29. The fourth-order valence-electron chi connectivity index (χ4n) is 2.16. The number of ether oxygens (including phenoxy) is 1. The molecular formula is C14H14N2O. The van der Waals surface area contributed by atoms with E-state index < -0.39 is 0 Å². The summed E-state index contributed by atoms with van der Waals surface area (Å²) in [4.78, 5) is 0. The highest BCUT2D eigenvalue weighted by atomic mass is 16.5. The predicted molar refractivity (Wildman–Crippen MR) is 68.4 cm³/mol. The Morgan fingerprint density at radius 2 is 2.24 bits per heavy atom. The third kappa shape index (κ3) is 1.83. The van der Waals surface area contributed by atoms with E-state index in [2.05, 4.69) is 12.6 Å². The van der Waals surface area contributed by atoms with Crippen molar-refractivity contribution >= 4 is 17.0 Å². The van der Waals surface area contributed by atoms with Crippen molar-refractivity contribution in [1.29, 1.82) is 5.26 Å². The zero-order chi connectivity index (χ0) is 12.3. The smallest absolute Gasteiger partial charge is 0.123 e. The average Bonchev–Trinajstić information content (AvgIpc) is 2.65. The Labute approximate surface area is 101 Å². The summed E-state index contributed by atoms with van der Waals surface area (Å²) >= 11 is 0. The van der Waals surface area contributed by atoms with Crippen LogP contribution >= 0.6 is 0 Å². The molecule has 0 aliphatic heterocycles. The molecule has 0 amide bonds. The molecule has 1 aromatic carbocycles. The van der Waals surface area contributed by atoms with Crippen LogP contribution in [-0.2, 0) is 17.9 Å². The van der Waals surface area contributed by atoms with Gasteiger partial charge in [-0.25, -0.2) is 0 Å². The van der Waals surface area contributed by atoms with Crippen LogP contribution in [0.2, 0.25) is 0 Å². The number of nitrogens with zero attached hydrogens (tertiary/aromatic N) is 2. The van der Waals surface area contributed by atoms with Gasteiger partial charge in [0, 0.05) is 18.2 Å². The molecule has 0 saturated carbocycles. The van der Waals surface area contributed by atoms with Crippen LogP contribution in [0.15, 0.2) is 30.8 Å². The van der Waals surface area contributed by atoms with E-state index in [1.54, 1.807) is 13.2 Å². The molecule has 0 bridgehead atoms. The van der Waals surface area contributed by atoms with Crippen molar-refractivity contribution in [2.24, 2.45) is 0 Å². The standard InChI is InChI=1S/C14H14N2O/c1-3-13-12(8-9-15)11-6-4-5-7-14(11)16(13)10-17-2/h3-7H,1,8,10H2,2H3. The van der Waals surface area contributed by atoms with Crippen LogP contribution in [0.25, 0.3) is 17.0 Å². The Bertz CT molecular complexity index is 590. The zero-order valence-electron chi connectivity index (χ0n) is 9.81. The summed E-state index contributed by atoms with van der Waals surface area (Å²) in [5.74, 6) is 0. The number of benzene rings is 1. The van der Waals surface area contributed by atoms with Gasteiger partial charge in [0.1, 0.15) is 6.73 Å².